The van der Waals surface area contributed by atoms with Crippen LogP contribution in [0, 0.1) is 11.8 Å². The molecule has 3 heteroatoms. The van der Waals surface area contributed by atoms with Crippen LogP contribution in [0.2, 0.25) is 0 Å². The zero-order chi connectivity index (χ0) is 14.4. The predicted octanol–water partition coefficient (Wildman–Crippen LogP) is 3.10. The van der Waals surface area contributed by atoms with Gasteiger partial charge < -0.3 is 9.64 Å². The van der Waals surface area contributed by atoms with Gasteiger partial charge in [0.2, 0.25) is 0 Å². The van der Waals surface area contributed by atoms with Crippen molar-refractivity contribution in [3.05, 3.63) is 35.9 Å². The van der Waals surface area contributed by atoms with Crippen molar-refractivity contribution >= 4 is 5.97 Å². The highest BCUT2D eigenvalue weighted by Crippen LogP contribution is 2.30. The zero-order valence-electron chi connectivity index (χ0n) is 12.5. The Kier molecular flexibility index (Phi) is 5.60. The first kappa shape index (κ1) is 15.0. The quantitative estimate of drug-likeness (QED) is 0.773. The molecule has 0 N–H and O–H groups in total. The van der Waals surface area contributed by atoms with E-state index in [1.54, 1.807) is 0 Å². The molecule has 20 heavy (non-hydrogen) atoms. The largest absolute Gasteiger partial charge is 0.461 e. The number of carbonyl (C=O) groups is 1. The summed E-state index contributed by atoms with van der Waals surface area (Å²) >= 11 is 0. The maximum absolute atomic E-state index is 12.1. The Morgan fingerprint density at radius 3 is 2.40 bits per heavy atom. The molecule has 0 radical (unpaired) electrons. The Labute approximate surface area is 121 Å². The normalized spacial score (nSPS) is 22.8. The summed E-state index contributed by atoms with van der Waals surface area (Å²) in [5.74, 6) is 0.831. The molecule has 0 saturated heterocycles. The van der Waals surface area contributed by atoms with E-state index >= 15 is 0 Å². The molecule has 1 aliphatic carbocycles. The molecule has 0 amide bonds. The fourth-order valence-corrected chi connectivity index (χ4v) is 2.94. The number of nitrogens with zero attached hydrogens (tertiary/aromatic N) is 1. The van der Waals surface area contributed by atoms with Gasteiger partial charge in [-0.3, -0.25) is 4.79 Å². The summed E-state index contributed by atoms with van der Waals surface area (Å²) in [5, 5.41) is 0. The molecule has 0 aliphatic heterocycles. The molecule has 0 bridgehead atoms. The minimum absolute atomic E-state index is 0.0165. The van der Waals surface area contributed by atoms with E-state index in [-0.39, 0.29) is 11.9 Å². The second kappa shape index (κ2) is 7.44. The van der Waals surface area contributed by atoms with Crippen molar-refractivity contribution in [2.24, 2.45) is 11.8 Å². The molecule has 3 nitrogen and oxygen atoms in total. The van der Waals surface area contributed by atoms with Gasteiger partial charge in [-0.1, -0.05) is 30.3 Å². The molecule has 110 valence electrons. The lowest BCUT2D eigenvalue weighted by Gasteiger charge is -2.29. The lowest BCUT2D eigenvalue weighted by molar-refractivity contribution is -0.151. The Morgan fingerprint density at radius 2 is 1.80 bits per heavy atom. The molecule has 0 unspecified atom stereocenters. The third-order valence-corrected chi connectivity index (χ3v) is 4.03. The van der Waals surface area contributed by atoms with Crippen molar-refractivity contribution in [3.8, 4) is 0 Å². The van der Waals surface area contributed by atoms with Crippen LogP contribution in [0.3, 0.4) is 0 Å². The summed E-state index contributed by atoms with van der Waals surface area (Å²) < 4.78 is 5.43. The standard InChI is InChI=1S/C17H25NO2/c1-18(2)12-14-8-10-16(11-9-14)17(19)20-13-15-6-4-3-5-7-15/h3-7,14,16H,8-13H2,1-2H3. The van der Waals surface area contributed by atoms with Crippen molar-refractivity contribution in [1.82, 2.24) is 4.90 Å². The predicted molar refractivity (Wildman–Crippen MR) is 80.2 cm³/mol. The Balaban J connectivity index is 1.72. The first-order chi connectivity index (χ1) is 9.65. The van der Waals surface area contributed by atoms with Crippen molar-refractivity contribution in [1.29, 1.82) is 0 Å². The minimum atomic E-state index is -0.0165. The summed E-state index contributed by atoms with van der Waals surface area (Å²) in [4.78, 5) is 14.3. The number of rotatable bonds is 5. The van der Waals surface area contributed by atoms with Crippen LogP contribution in [0.25, 0.3) is 0 Å². The minimum Gasteiger partial charge on any atom is -0.461 e. The van der Waals surface area contributed by atoms with E-state index in [2.05, 4.69) is 19.0 Å². The van der Waals surface area contributed by atoms with Gasteiger partial charge in [-0.2, -0.15) is 0 Å². The van der Waals surface area contributed by atoms with E-state index in [0.717, 1.165) is 43.7 Å². The number of ether oxygens (including phenoxy) is 1. The van der Waals surface area contributed by atoms with Gasteiger partial charge in [0, 0.05) is 6.54 Å². The average molecular weight is 275 g/mol. The van der Waals surface area contributed by atoms with Crippen molar-refractivity contribution in [2.45, 2.75) is 32.3 Å². The molecule has 1 saturated carbocycles. The van der Waals surface area contributed by atoms with E-state index in [4.69, 9.17) is 4.74 Å². The van der Waals surface area contributed by atoms with E-state index < -0.39 is 0 Å². The van der Waals surface area contributed by atoms with Gasteiger partial charge in [-0.25, -0.2) is 0 Å². The molecule has 0 aromatic heterocycles. The van der Waals surface area contributed by atoms with Gasteiger partial charge >= 0.3 is 5.97 Å². The van der Waals surface area contributed by atoms with E-state index in [0.29, 0.717) is 6.61 Å². The monoisotopic (exact) mass is 275 g/mol. The molecule has 1 aliphatic rings. The summed E-state index contributed by atoms with van der Waals surface area (Å²) in [5.41, 5.74) is 1.06. The topological polar surface area (TPSA) is 29.5 Å². The highest BCUT2D eigenvalue weighted by molar-refractivity contribution is 5.72. The highest BCUT2D eigenvalue weighted by atomic mass is 16.5. The summed E-state index contributed by atoms with van der Waals surface area (Å²) in [6.07, 6.45) is 4.24. The van der Waals surface area contributed by atoms with Crippen LogP contribution < -0.4 is 0 Å². The number of benzene rings is 1. The fourth-order valence-electron chi connectivity index (χ4n) is 2.94. The lowest BCUT2D eigenvalue weighted by atomic mass is 9.82. The van der Waals surface area contributed by atoms with Crippen LogP contribution in [0.15, 0.2) is 30.3 Å². The summed E-state index contributed by atoms with van der Waals surface area (Å²) in [6.45, 7) is 1.53. The van der Waals surface area contributed by atoms with Crippen LogP contribution in [0.5, 0.6) is 0 Å². The zero-order valence-corrected chi connectivity index (χ0v) is 12.5. The van der Waals surface area contributed by atoms with Crippen LogP contribution in [0.1, 0.15) is 31.2 Å². The number of hydrogen-bond donors (Lipinski definition) is 0. The van der Waals surface area contributed by atoms with E-state index in [1.807, 2.05) is 30.3 Å². The van der Waals surface area contributed by atoms with Gasteiger partial charge in [0.25, 0.3) is 0 Å². The second-order valence-corrected chi connectivity index (χ2v) is 6.07. The van der Waals surface area contributed by atoms with Crippen molar-refractivity contribution in [2.75, 3.05) is 20.6 Å². The van der Waals surface area contributed by atoms with Crippen LogP contribution in [-0.4, -0.2) is 31.5 Å². The molecule has 1 aromatic rings. The third kappa shape index (κ3) is 4.64. The Bertz CT molecular complexity index is 408. The van der Waals surface area contributed by atoms with E-state index in [1.165, 1.54) is 0 Å². The van der Waals surface area contributed by atoms with Crippen molar-refractivity contribution in [3.63, 3.8) is 0 Å². The summed E-state index contributed by atoms with van der Waals surface area (Å²) in [6, 6.07) is 9.88. The molecule has 0 heterocycles. The SMILES string of the molecule is CN(C)CC1CCC(C(=O)OCc2ccccc2)CC1. The molecule has 2 rings (SSSR count). The number of hydrogen-bond acceptors (Lipinski definition) is 3. The maximum atomic E-state index is 12.1. The number of esters is 1. The van der Waals surface area contributed by atoms with E-state index in [9.17, 15) is 4.79 Å². The van der Waals surface area contributed by atoms with Gasteiger partial charge in [0.15, 0.2) is 0 Å². The molecular weight excluding hydrogens is 250 g/mol. The van der Waals surface area contributed by atoms with Gasteiger partial charge in [0.1, 0.15) is 6.61 Å². The van der Waals surface area contributed by atoms with Gasteiger partial charge in [-0.15, -0.1) is 0 Å². The number of carbonyl (C=O) groups excluding carboxylic acids is 1. The van der Waals surface area contributed by atoms with Gasteiger partial charge in [0.05, 0.1) is 5.92 Å². The van der Waals surface area contributed by atoms with Crippen LogP contribution in [-0.2, 0) is 16.1 Å². The molecular formula is C17H25NO2. The van der Waals surface area contributed by atoms with Crippen LogP contribution in [0.4, 0.5) is 0 Å². The third-order valence-electron chi connectivity index (χ3n) is 4.03. The lowest BCUT2D eigenvalue weighted by Crippen LogP contribution is -2.29. The molecule has 0 spiro atoms. The van der Waals surface area contributed by atoms with Crippen LogP contribution >= 0.6 is 0 Å². The Hall–Kier alpha value is -1.35. The smallest absolute Gasteiger partial charge is 0.309 e. The first-order valence-corrected chi connectivity index (χ1v) is 7.50. The Morgan fingerprint density at radius 1 is 1.15 bits per heavy atom. The summed E-state index contributed by atoms with van der Waals surface area (Å²) in [7, 11) is 4.22. The second-order valence-electron chi connectivity index (χ2n) is 6.07. The maximum Gasteiger partial charge on any atom is 0.309 e. The fraction of sp³-hybridized carbons (Fsp3) is 0.588. The first-order valence-electron chi connectivity index (χ1n) is 7.50. The van der Waals surface area contributed by atoms with Crippen molar-refractivity contribution < 1.29 is 9.53 Å². The van der Waals surface area contributed by atoms with Gasteiger partial charge in [-0.05, 0) is 51.3 Å². The molecule has 1 aromatic carbocycles. The average Bonchev–Trinajstić information content (AvgIpc) is 2.46. The highest BCUT2D eigenvalue weighted by Gasteiger charge is 2.27. The molecule has 0 atom stereocenters. The molecule has 1 fully saturated rings.